The van der Waals surface area contributed by atoms with E-state index in [2.05, 4.69) is 28.8 Å². The van der Waals surface area contributed by atoms with Crippen LogP contribution >= 0.6 is 0 Å². The second-order valence-corrected chi connectivity index (χ2v) is 5.22. The fraction of sp³-hybridized carbons (Fsp3) is 0.312. The number of hydrogen-bond donors (Lipinski definition) is 2. The van der Waals surface area contributed by atoms with Gasteiger partial charge in [0.2, 0.25) is 0 Å². The van der Waals surface area contributed by atoms with Crippen molar-refractivity contribution in [3.05, 3.63) is 58.0 Å². The lowest BCUT2D eigenvalue weighted by Gasteiger charge is -2.06. The van der Waals surface area contributed by atoms with Crippen LogP contribution < -0.4 is 10.6 Å². The van der Waals surface area contributed by atoms with Crippen molar-refractivity contribution in [1.82, 2.24) is 10.6 Å². The number of carbonyl (C=O) groups excluding carboxylic acids is 1. The van der Waals surface area contributed by atoms with Gasteiger partial charge in [0.25, 0.3) is 5.91 Å². The van der Waals surface area contributed by atoms with E-state index >= 15 is 0 Å². The lowest BCUT2D eigenvalue weighted by molar-refractivity contribution is 0.0949. The zero-order valence-electron chi connectivity index (χ0n) is 11.7. The highest BCUT2D eigenvalue weighted by Gasteiger charge is 2.14. The average molecular weight is 270 g/mol. The van der Waals surface area contributed by atoms with E-state index in [1.165, 1.54) is 11.1 Å². The van der Waals surface area contributed by atoms with Gasteiger partial charge < -0.3 is 15.1 Å². The summed E-state index contributed by atoms with van der Waals surface area (Å²) in [7, 11) is 0. The maximum Gasteiger partial charge on any atom is 0.255 e. The van der Waals surface area contributed by atoms with Crippen molar-refractivity contribution in [3.63, 3.8) is 0 Å². The Balaban J connectivity index is 1.67. The summed E-state index contributed by atoms with van der Waals surface area (Å²) in [4.78, 5) is 12.1. The van der Waals surface area contributed by atoms with Crippen LogP contribution in [0.3, 0.4) is 0 Å². The van der Waals surface area contributed by atoms with Gasteiger partial charge in [0.05, 0.1) is 5.56 Å². The SMILES string of the molecule is Cc1cc(C(=O)NCc2ccc3c(c2)CNC3)c(C)o1. The molecule has 0 saturated heterocycles. The van der Waals surface area contributed by atoms with E-state index in [1.807, 2.05) is 13.8 Å². The van der Waals surface area contributed by atoms with Gasteiger partial charge in [-0.05, 0) is 36.6 Å². The second-order valence-electron chi connectivity index (χ2n) is 5.22. The van der Waals surface area contributed by atoms with Crippen LogP contribution in [0.4, 0.5) is 0 Å². The zero-order chi connectivity index (χ0) is 14.1. The molecule has 0 aliphatic carbocycles. The van der Waals surface area contributed by atoms with Crippen molar-refractivity contribution >= 4 is 5.91 Å². The number of rotatable bonds is 3. The molecule has 0 fully saturated rings. The van der Waals surface area contributed by atoms with Gasteiger partial charge in [0.15, 0.2) is 0 Å². The Hall–Kier alpha value is -2.07. The Morgan fingerprint density at radius 1 is 1.25 bits per heavy atom. The number of furan rings is 1. The molecule has 1 aliphatic heterocycles. The van der Waals surface area contributed by atoms with Crippen molar-refractivity contribution in [3.8, 4) is 0 Å². The largest absolute Gasteiger partial charge is 0.466 e. The van der Waals surface area contributed by atoms with Crippen molar-refractivity contribution < 1.29 is 9.21 Å². The fourth-order valence-electron chi connectivity index (χ4n) is 2.59. The molecule has 2 N–H and O–H groups in total. The van der Waals surface area contributed by atoms with E-state index in [0.717, 1.165) is 24.4 Å². The molecule has 0 saturated carbocycles. The summed E-state index contributed by atoms with van der Waals surface area (Å²) < 4.78 is 5.38. The highest BCUT2D eigenvalue weighted by Crippen LogP contribution is 2.17. The summed E-state index contributed by atoms with van der Waals surface area (Å²) in [5.74, 6) is 1.34. The number of carbonyl (C=O) groups is 1. The molecule has 2 heterocycles. The van der Waals surface area contributed by atoms with Crippen LogP contribution in [0.1, 0.15) is 38.6 Å². The summed E-state index contributed by atoms with van der Waals surface area (Å²) in [6.45, 7) is 6.04. The van der Waals surface area contributed by atoms with Gasteiger partial charge in [-0.2, -0.15) is 0 Å². The summed E-state index contributed by atoms with van der Waals surface area (Å²) in [6, 6.07) is 8.13. The molecular formula is C16H18N2O2. The van der Waals surface area contributed by atoms with E-state index in [9.17, 15) is 4.79 Å². The topological polar surface area (TPSA) is 54.3 Å². The summed E-state index contributed by atoms with van der Waals surface area (Å²) in [6.07, 6.45) is 0. The fourth-order valence-corrected chi connectivity index (χ4v) is 2.59. The number of hydrogen-bond acceptors (Lipinski definition) is 3. The normalized spacial score (nSPS) is 13.3. The van der Waals surface area contributed by atoms with Crippen LogP contribution in [0.25, 0.3) is 0 Å². The van der Waals surface area contributed by atoms with E-state index < -0.39 is 0 Å². The molecule has 1 aromatic heterocycles. The summed E-state index contributed by atoms with van der Waals surface area (Å²) in [5.41, 5.74) is 4.41. The second kappa shape index (κ2) is 5.13. The molecule has 1 aliphatic rings. The minimum atomic E-state index is -0.0852. The maximum absolute atomic E-state index is 12.1. The van der Waals surface area contributed by atoms with Crippen LogP contribution in [0, 0.1) is 13.8 Å². The van der Waals surface area contributed by atoms with Gasteiger partial charge in [0, 0.05) is 19.6 Å². The number of amides is 1. The molecule has 4 heteroatoms. The van der Waals surface area contributed by atoms with Gasteiger partial charge in [-0.3, -0.25) is 4.79 Å². The number of aryl methyl sites for hydroxylation is 2. The molecule has 3 rings (SSSR count). The van der Waals surface area contributed by atoms with Gasteiger partial charge in [-0.1, -0.05) is 18.2 Å². The first-order valence-corrected chi connectivity index (χ1v) is 6.80. The minimum absolute atomic E-state index is 0.0852. The Kier molecular flexibility index (Phi) is 3.32. The molecule has 0 unspecified atom stereocenters. The monoisotopic (exact) mass is 270 g/mol. The first-order valence-electron chi connectivity index (χ1n) is 6.80. The smallest absolute Gasteiger partial charge is 0.255 e. The van der Waals surface area contributed by atoms with Gasteiger partial charge in [-0.15, -0.1) is 0 Å². The number of nitrogens with one attached hydrogen (secondary N) is 2. The molecule has 0 atom stereocenters. The van der Waals surface area contributed by atoms with Crippen LogP contribution in [0.2, 0.25) is 0 Å². The predicted molar refractivity (Wildman–Crippen MR) is 76.3 cm³/mol. The van der Waals surface area contributed by atoms with Crippen molar-refractivity contribution in [2.24, 2.45) is 0 Å². The van der Waals surface area contributed by atoms with E-state index in [0.29, 0.717) is 17.9 Å². The molecule has 20 heavy (non-hydrogen) atoms. The van der Waals surface area contributed by atoms with Crippen molar-refractivity contribution in [2.75, 3.05) is 0 Å². The van der Waals surface area contributed by atoms with Gasteiger partial charge in [0.1, 0.15) is 11.5 Å². The highest BCUT2D eigenvalue weighted by atomic mass is 16.3. The summed E-state index contributed by atoms with van der Waals surface area (Å²) in [5, 5.41) is 6.26. The third-order valence-electron chi connectivity index (χ3n) is 3.64. The number of fused-ring (bicyclic) bond motifs is 1. The van der Waals surface area contributed by atoms with E-state index in [-0.39, 0.29) is 5.91 Å². The molecule has 4 nitrogen and oxygen atoms in total. The maximum atomic E-state index is 12.1. The molecule has 0 spiro atoms. The number of benzene rings is 1. The van der Waals surface area contributed by atoms with Crippen molar-refractivity contribution in [2.45, 2.75) is 33.5 Å². The van der Waals surface area contributed by atoms with Crippen LogP contribution in [-0.2, 0) is 19.6 Å². The quantitative estimate of drug-likeness (QED) is 0.900. The molecule has 2 aromatic rings. The lowest BCUT2D eigenvalue weighted by Crippen LogP contribution is -2.23. The molecule has 0 radical (unpaired) electrons. The molecule has 0 bridgehead atoms. The first-order chi connectivity index (χ1) is 9.63. The lowest BCUT2D eigenvalue weighted by atomic mass is 10.1. The van der Waals surface area contributed by atoms with Gasteiger partial charge in [-0.25, -0.2) is 0 Å². The minimum Gasteiger partial charge on any atom is -0.466 e. The van der Waals surface area contributed by atoms with Crippen LogP contribution in [0.5, 0.6) is 0 Å². The average Bonchev–Trinajstić information content (AvgIpc) is 3.01. The molecular weight excluding hydrogens is 252 g/mol. The molecule has 1 amide bonds. The Morgan fingerprint density at radius 3 is 2.80 bits per heavy atom. The van der Waals surface area contributed by atoms with Gasteiger partial charge >= 0.3 is 0 Å². The zero-order valence-corrected chi connectivity index (χ0v) is 11.7. The van der Waals surface area contributed by atoms with E-state index in [4.69, 9.17) is 4.42 Å². The molecule has 1 aromatic carbocycles. The Labute approximate surface area is 118 Å². The summed E-state index contributed by atoms with van der Waals surface area (Å²) >= 11 is 0. The van der Waals surface area contributed by atoms with Crippen molar-refractivity contribution in [1.29, 1.82) is 0 Å². The Bertz CT molecular complexity index is 658. The molecule has 104 valence electrons. The standard InChI is InChI=1S/C16H18N2O2/c1-10-5-15(11(2)20-10)16(19)18-7-12-3-4-13-8-17-9-14(13)6-12/h3-6,17H,7-9H2,1-2H3,(H,18,19). The third kappa shape index (κ3) is 2.47. The van der Waals surface area contributed by atoms with Crippen LogP contribution in [0.15, 0.2) is 28.7 Å². The van der Waals surface area contributed by atoms with Crippen LogP contribution in [-0.4, -0.2) is 5.91 Å². The first kappa shape index (κ1) is 12.9. The third-order valence-corrected chi connectivity index (χ3v) is 3.64. The predicted octanol–water partition coefficient (Wildman–Crippen LogP) is 2.43. The van der Waals surface area contributed by atoms with E-state index in [1.54, 1.807) is 6.07 Å². The highest BCUT2D eigenvalue weighted by molar-refractivity contribution is 5.95. The Morgan fingerprint density at radius 2 is 2.05 bits per heavy atom.